The number of carboxylic acids is 1. The predicted molar refractivity (Wildman–Crippen MR) is 128 cm³/mol. The highest BCUT2D eigenvalue weighted by molar-refractivity contribution is 7.92. The van der Waals surface area contributed by atoms with E-state index in [9.17, 15) is 26.4 Å². The molecule has 0 fully saturated rings. The van der Waals surface area contributed by atoms with Gasteiger partial charge in [0, 0.05) is 5.56 Å². The summed E-state index contributed by atoms with van der Waals surface area (Å²) in [5.74, 6) is -4.68. The number of carbonyl (C=O) groups is 2. The third-order valence-electron chi connectivity index (χ3n) is 5.39. The molecule has 0 aliphatic rings. The predicted octanol–water partition coefficient (Wildman–Crippen LogP) is 3.75. The molecule has 0 saturated heterocycles. The molecular formula is C25H24O7S2. The summed E-state index contributed by atoms with van der Waals surface area (Å²) < 4.78 is 52.3. The minimum absolute atomic E-state index is 0.00939. The molecule has 1 N–H and O–H groups in total. The molecule has 0 saturated carbocycles. The number of carbonyl (C=O) groups excluding carboxylic acids is 1. The van der Waals surface area contributed by atoms with Gasteiger partial charge in [0.15, 0.2) is 25.5 Å². The molecule has 0 aliphatic carbocycles. The van der Waals surface area contributed by atoms with Crippen LogP contribution in [0.3, 0.4) is 0 Å². The van der Waals surface area contributed by atoms with Gasteiger partial charge in [-0.25, -0.2) is 21.6 Å². The van der Waals surface area contributed by atoms with Crippen molar-refractivity contribution in [3.05, 3.63) is 95.1 Å². The molecule has 0 atom stereocenters. The van der Waals surface area contributed by atoms with Gasteiger partial charge < -0.3 is 5.11 Å². The average molecular weight is 501 g/mol. The van der Waals surface area contributed by atoms with Crippen molar-refractivity contribution in [2.24, 2.45) is 5.92 Å². The van der Waals surface area contributed by atoms with Gasteiger partial charge in [-0.3, -0.25) is 4.79 Å². The highest BCUT2D eigenvalue weighted by Crippen LogP contribution is 2.23. The van der Waals surface area contributed by atoms with Crippen LogP contribution in [-0.4, -0.2) is 45.2 Å². The third kappa shape index (κ3) is 5.98. The molecule has 0 aliphatic heterocycles. The zero-order chi connectivity index (χ0) is 25.1. The largest absolute Gasteiger partial charge is 0.478 e. The Morgan fingerprint density at radius 3 is 1.35 bits per heavy atom. The van der Waals surface area contributed by atoms with E-state index in [1.54, 1.807) is 38.1 Å². The minimum atomic E-state index is -3.99. The van der Waals surface area contributed by atoms with Crippen LogP contribution in [0.25, 0.3) is 0 Å². The Morgan fingerprint density at radius 1 is 0.647 bits per heavy atom. The van der Waals surface area contributed by atoms with E-state index in [0.29, 0.717) is 0 Å². The summed E-state index contributed by atoms with van der Waals surface area (Å²) >= 11 is 0. The van der Waals surface area contributed by atoms with Crippen LogP contribution in [0.1, 0.15) is 31.8 Å². The van der Waals surface area contributed by atoms with E-state index >= 15 is 0 Å². The SMILES string of the molecule is Cc1ccc(S(=O)(=O)CC(CS(=O)(=O)c2ccc(C)cc2)C(=O)c2ccc(C(=O)O)cc2)cc1. The number of aromatic carboxylic acids is 1. The van der Waals surface area contributed by atoms with Crippen LogP contribution in [-0.2, 0) is 19.7 Å². The van der Waals surface area contributed by atoms with E-state index in [0.717, 1.165) is 11.1 Å². The van der Waals surface area contributed by atoms with Gasteiger partial charge in [-0.15, -0.1) is 0 Å². The van der Waals surface area contributed by atoms with E-state index < -0.39 is 48.9 Å². The molecule has 0 aromatic heterocycles. The number of benzene rings is 3. The first-order chi connectivity index (χ1) is 15.9. The average Bonchev–Trinajstić information content (AvgIpc) is 2.78. The van der Waals surface area contributed by atoms with Gasteiger partial charge in [-0.1, -0.05) is 47.5 Å². The zero-order valence-electron chi connectivity index (χ0n) is 18.6. The third-order valence-corrected chi connectivity index (χ3v) is 9.05. The van der Waals surface area contributed by atoms with Crippen molar-refractivity contribution in [3.63, 3.8) is 0 Å². The van der Waals surface area contributed by atoms with Crippen molar-refractivity contribution in [1.82, 2.24) is 0 Å². The molecule has 178 valence electrons. The van der Waals surface area contributed by atoms with Crippen molar-refractivity contribution in [3.8, 4) is 0 Å². The van der Waals surface area contributed by atoms with Gasteiger partial charge in [0.1, 0.15) is 0 Å². The summed E-state index contributed by atoms with van der Waals surface area (Å²) in [7, 11) is -7.98. The molecule has 7 nitrogen and oxygen atoms in total. The second-order valence-electron chi connectivity index (χ2n) is 8.13. The van der Waals surface area contributed by atoms with E-state index in [1.807, 2.05) is 0 Å². The monoisotopic (exact) mass is 500 g/mol. The summed E-state index contributed by atoms with van der Waals surface area (Å²) in [5, 5.41) is 9.08. The fourth-order valence-electron chi connectivity index (χ4n) is 3.43. The number of sulfone groups is 2. The second kappa shape index (κ2) is 9.90. The number of hydrogen-bond acceptors (Lipinski definition) is 6. The van der Waals surface area contributed by atoms with Crippen LogP contribution in [0.4, 0.5) is 0 Å². The smallest absolute Gasteiger partial charge is 0.335 e. The highest BCUT2D eigenvalue weighted by Gasteiger charge is 2.32. The standard InChI is InChI=1S/C25H24O7S2/c1-17-3-11-22(12-4-17)33(29,30)15-21(16-34(31,32)23-13-5-18(2)6-14-23)24(26)19-7-9-20(10-8-19)25(27)28/h3-14,21H,15-16H2,1-2H3,(H,27,28). The Bertz CT molecular complexity index is 1330. The number of hydrogen-bond donors (Lipinski definition) is 1. The first kappa shape index (κ1) is 25.3. The molecule has 0 bridgehead atoms. The summed E-state index contributed by atoms with van der Waals surface area (Å²) in [5.41, 5.74) is 1.69. The molecule has 3 rings (SSSR count). The molecule has 34 heavy (non-hydrogen) atoms. The van der Waals surface area contributed by atoms with Crippen molar-refractivity contribution < 1.29 is 31.5 Å². The normalized spacial score (nSPS) is 12.0. The number of Topliss-reactive ketones (excluding diaryl/α,β-unsaturated/α-hetero) is 1. The lowest BCUT2D eigenvalue weighted by atomic mass is 10.00. The maximum absolute atomic E-state index is 13.3. The lowest BCUT2D eigenvalue weighted by molar-refractivity contribution is 0.0696. The summed E-state index contributed by atoms with van der Waals surface area (Å²) in [6, 6.07) is 17.1. The number of ketones is 1. The van der Waals surface area contributed by atoms with Gasteiger partial charge in [0.25, 0.3) is 0 Å². The first-order valence-electron chi connectivity index (χ1n) is 10.4. The number of aryl methyl sites for hydroxylation is 2. The van der Waals surface area contributed by atoms with E-state index in [-0.39, 0.29) is 20.9 Å². The molecule has 3 aromatic rings. The Balaban J connectivity index is 1.99. The van der Waals surface area contributed by atoms with Crippen molar-refractivity contribution >= 4 is 31.4 Å². The van der Waals surface area contributed by atoms with Gasteiger partial charge in [0.2, 0.25) is 0 Å². The topological polar surface area (TPSA) is 123 Å². The minimum Gasteiger partial charge on any atom is -0.478 e. The maximum atomic E-state index is 13.3. The van der Waals surface area contributed by atoms with Crippen molar-refractivity contribution in [1.29, 1.82) is 0 Å². The lowest BCUT2D eigenvalue weighted by Crippen LogP contribution is -2.31. The van der Waals surface area contributed by atoms with Crippen molar-refractivity contribution in [2.75, 3.05) is 11.5 Å². The lowest BCUT2D eigenvalue weighted by Gasteiger charge is -2.17. The fourth-order valence-corrected chi connectivity index (χ4v) is 6.66. The Kier molecular flexibility index (Phi) is 7.38. The summed E-state index contributed by atoms with van der Waals surface area (Å²) in [4.78, 5) is 24.4. The fraction of sp³-hybridized carbons (Fsp3) is 0.200. The van der Waals surface area contributed by atoms with E-state index in [2.05, 4.69) is 0 Å². The Labute approximate surface area is 198 Å². The van der Waals surface area contributed by atoms with Crippen LogP contribution in [0.5, 0.6) is 0 Å². The van der Waals surface area contributed by atoms with Crippen LogP contribution in [0, 0.1) is 19.8 Å². The van der Waals surface area contributed by atoms with E-state index in [4.69, 9.17) is 5.11 Å². The van der Waals surface area contributed by atoms with Gasteiger partial charge >= 0.3 is 5.97 Å². The molecule has 0 radical (unpaired) electrons. The summed E-state index contributed by atoms with van der Waals surface area (Å²) in [6.45, 7) is 3.61. The molecule has 3 aromatic carbocycles. The molecule has 0 heterocycles. The van der Waals surface area contributed by atoms with E-state index in [1.165, 1.54) is 48.5 Å². The van der Waals surface area contributed by atoms with Crippen LogP contribution >= 0.6 is 0 Å². The quantitative estimate of drug-likeness (QED) is 0.444. The molecule has 0 unspecified atom stereocenters. The number of carboxylic acid groups (broad SMARTS) is 1. The Morgan fingerprint density at radius 2 is 1.00 bits per heavy atom. The summed E-state index contributed by atoms with van der Waals surface area (Å²) in [6.07, 6.45) is 0. The number of rotatable bonds is 9. The first-order valence-corrected chi connectivity index (χ1v) is 13.7. The maximum Gasteiger partial charge on any atom is 0.335 e. The van der Waals surface area contributed by atoms with Gasteiger partial charge in [-0.05, 0) is 50.2 Å². The van der Waals surface area contributed by atoms with Gasteiger partial charge in [0.05, 0.1) is 32.8 Å². The molecule has 0 amide bonds. The zero-order valence-corrected chi connectivity index (χ0v) is 20.3. The molecule has 9 heteroatoms. The second-order valence-corrected chi connectivity index (χ2v) is 12.2. The Hall–Kier alpha value is -3.30. The van der Waals surface area contributed by atoms with Gasteiger partial charge in [-0.2, -0.15) is 0 Å². The molecule has 0 spiro atoms. The van der Waals surface area contributed by atoms with Crippen LogP contribution in [0.2, 0.25) is 0 Å². The molecular weight excluding hydrogens is 476 g/mol. The highest BCUT2D eigenvalue weighted by atomic mass is 32.2. The van der Waals surface area contributed by atoms with Crippen LogP contribution < -0.4 is 0 Å². The van der Waals surface area contributed by atoms with Crippen molar-refractivity contribution in [2.45, 2.75) is 23.6 Å². The van der Waals surface area contributed by atoms with Crippen LogP contribution in [0.15, 0.2) is 82.6 Å².